The summed E-state index contributed by atoms with van der Waals surface area (Å²) in [7, 11) is 0. The van der Waals surface area contributed by atoms with E-state index in [1.807, 2.05) is 24.3 Å². The van der Waals surface area contributed by atoms with Crippen LogP contribution in [-0.2, 0) is 0 Å². The van der Waals surface area contributed by atoms with Crippen molar-refractivity contribution < 1.29 is 4.74 Å². The fourth-order valence-electron chi connectivity index (χ4n) is 2.17. The summed E-state index contributed by atoms with van der Waals surface area (Å²) in [6.07, 6.45) is 0.982. The Kier molecular flexibility index (Phi) is 4.06. The van der Waals surface area contributed by atoms with Gasteiger partial charge in [0, 0.05) is 12.1 Å². The number of anilines is 2. The van der Waals surface area contributed by atoms with E-state index in [1.165, 1.54) is 0 Å². The summed E-state index contributed by atoms with van der Waals surface area (Å²) in [5.74, 6) is 1.81. The summed E-state index contributed by atoms with van der Waals surface area (Å²) in [6, 6.07) is 7.92. The van der Waals surface area contributed by atoms with E-state index in [4.69, 9.17) is 16.3 Å². The zero-order valence-corrected chi connectivity index (χ0v) is 12.4. The summed E-state index contributed by atoms with van der Waals surface area (Å²) in [6.45, 7) is 3.40. The van der Waals surface area contributed by atoms with Gasteiger partial charge in [0.15, 0.2) is 0 Å². The summed E-state index contributed by atoms with van der Waals surface area (Å²) in [5.41, 5.74) is 1.09. The molecule has 0 bridgehead atoms. The van der Waals surface area contributed by atoms with Crippen LogP contribution in [0.25, 0.3) is 0 Å². The smallest absolute Gasteiger partial charge is 0.229 e. The number of benzene rings is 1. The normalized spacial score (nSPS) is 16.2. The van der Waals surface area contributed by atoms with E-state index in [1.54, 1.807) is 0 Å². The van der Waals surface area contributed by atoms with Gasteiger partial charge in [0.05, 0.1) is 6.04 Å². The molecule has 1 unspecified atom stereocenters. The van der Waals surface area contributed by atoms with Gasteiger partial charge in [-0.1, -0.05) is 25.1 Å². The first-order chi connectivity index (χ1) is 10.3. The highest BCUT2D eigenvalue weighted by Gasteiger charge is 2.24. The number of hydrogen-bond donors (Lipinski definition) is 2. The second-order valence-electron chi connectivity index (χ2n) is 4.72. The van der Waals surface area contributed by atoms with Crippen molar-refractivity contribution in [2.75, 3.05) is 23.8 Å². The van der Waals surface area contributed by atoms with Crippen LogP contribution in [0.2, 0.25) is 5.28 Å². The van der Waals surface area contributed by atoms with Crippen LogP contribution in [0.15, 0.2) is 24.3 Å². The van der Waals surface area contributed by atoms with E-state index in [-0.39, 0.29) is 11.3 Å². The third kappa shape index (κ3) is 3.16. The SMILES string of the molecule is CCCNc1nc(Cl)nc(NC2COc3ccccc32)n1. The van der Waals surface area contributed by atoms with Crippen molar-refractivity contribution in [1.82, 2.24) is 15.0 Å². The first-order valence-electron chi connectivity index (χ1n) is 6.90. The number of halogens is 1. The molecule has 0 aliphatic carbocycles. The molecule has 0 spiro atoms. The Morgan fingerprint density at radius 2 is 2.05 bits per heavy atom. The molecule has 6 nitrogen and oxygen atoms in total. The first kappa shape index (κ1) is 13.9. The van der Waals surface area contributed by atoms with Crippen LogP contribution < -0.4 is 15.4 Å². The molecule has 2 heterocycles. The summed E-state index contributed by atoms with van der Waals surface area (Å²) < 4.78 is 5.63. The molecule has 7 heteroatoms. The van der Waals surface area contributed by atoms with E-state index >= 15 is 0 Å². The predicted octanol–water partition coefficient (Wildman–Crippen LogP) is 2.89. The third-order valence-electron chi connectivity index (χ3n) is 3.14. The second-order valence-corrected chi connectivity index (χ2v) is 5.06. The van der Waals surface area contributed by atoms with Crippen LogP contribution in [0.1, 0.15) is 24.9 Å². The van der Waals surface area contributed by atoms with Crippen molar-refractivity contribution in [3.8, 4) is 5.75 Å². The van der Waals surface area contributed by atoms with Gasteiger partial charge in [-0.15, -0.1) is 0 Å². The predicted molar refractivity (Wildman–Crippen MR) is 81.9 cm³/mol. The largest absolute Gasteiger partial charge is 0.491 e. The molecule has 1 atom stereocenters. The highest BCUT2D eigenvalue weighted by molar-refractivity contribution is 6.28. The lowest BCUT2D eigenvalue weighted by Crippen LogP contribution is -2.15. The van der Waals surface area contributed by atoms with Crippen molar-refractivity contribution in [1.29, 1.82) is 0 Å². The Hall–Kier alpha value is -2.08. The molecule has 3 rings (SSSR count). The average molecular weight is 306 g/mol. The monoisotopic (exact) mass is 305 g/mol. The van der Waals surface area contributed by atoms with Crippen molar-refractivity contribution in [3.05, 3.63) is 35.1 Å². The maximum Gasteiger partial charge on any atom is 0.229 e. The van der Waals surface area contributed by atoms with Crippen LogP contribution in [0.3, 0.4) is 0 Å². The number of nitrogens with one attached hydrogen (secondary N) is 2. The molecule has 1 aromatic heterocycles. The van der Waals surface area contributed by atoms with Crippen molar-refractivity contribution in [2.24, 2.45) is 0 Å². The molecule has 21 heavy (non-hydrogen) atoms. The van der Waals surface area contributed by atoms with Crippen molar-refractivity contribution in [2.45, 2.75) is 19.4 Å². The van der Waals surface area contributed by atoms with Crippen molar-refractivity contribution >= 4 is 23.5 Å². The maximum absolute atomic E-state index is 5.94. The zero-order valence-electron chi connectivity index (χ0n) is 11.6. The minimum atomic E-state index is 0.0127. The van der Waals surface area contributed by atoms with Gasteiger partial charge in [0.2, 0.25) is 17.2 Å². The highest BCUT2D eigenvalue weighted by atomic mass is 35.5. The second kappa shape index (κ2) is 6.13. The maximum atomic E-state index is 5.94. The van der Waals surface area contributed by atoms with E-state index in [9.17, 15) is 0 Å². The Morgan fingerprint density at radius 3 is 2.90 bits per heavy atom. The summed E-state index contributed by atoms with van der Waals surface area (Å²) >= 11 is 5.94. The van der Waals surface area contributed by atoms with E-state index in [2.05, 4.69) is 32.5 Å². The number of ether oxygens (including phenoxy) is 1. The quantitative estimate of drug-likeness (QED) is 0.885. The topological polar surface area (TPSA) is 72.0 Å². The van der Waals surface area contributed by atoms with Crippen LogP contribution >= 0.6 is 11.6 Å². The average Bonchev–Trinajstić information content (AvgIpc) is 2.88. The van der Waals surface area contributed by atoms with E-state index < -0.39 is 0 Å². The Labute approximate surface area is 127 Å². The minimum Gasteiger partial charge on any atom is -0.491 e. The molecule has 0 radical (unpaired) electrons. The van der Waals surface area contributed by atoms with E-state index in [0.29, 0.717) is 18.5 Å². The lowest BCUT2D eigenvalue weighted by atomic mass is 10.1. The Morgan fingerprint density at radius 1 is 1.24 bits per heavy atom. The number of fused-ring (bicyclic) bond motifs is 1. The summed E-state index contributed by atoms with van der Waals surface area (Å²) in [4.78, 5) is 12.5. The molecule has 0 fully saturated rings. The lowest BCUT2D eigenvalue weighted by molar-refractivity contribution is 0.339. The van der Waals surface area contributed by atoms with Gasteiger partial charge in [-0.3, -0.25) is 0 Å². The molecule has 1 aromatic carbocycles. The zero-order chi connectivity index (χ0) is 14.7. The fraction of sp³-hybridized carbons (Fsp3) is 0.357. The summed E-state index contributed by atoms with van der Waals surface area (Å²) in [5, 5.41) is 6.51. The van der Waals surface area contributed by atoms with Gasteiger partial charge in [-0.2, -0.15) is 15.0 Å². The number of para-hydroxylation sites is 1. The molecule has 1 aliphatic heterocycles. The Bertz CT molecular complexity index is 637. The fourth-order valence-corrected chi connectivity index (χ4v) is 2.33. The van der Waals surface area contributed by atoms with Gasteiger partial charge in [0.1, 0.15) is 12.4 Å². The highest BCUT2D eigenvalue weighted by Crippen LogP contribution is 2.33. The van der Waals surface area contributed by atoms with Gasteiger partial charge in [-0.25, -0.2) is 0 Å². The number of hydrogen-bond acceptors (Lipinski definition) is 6. The van der Waals surface area contributed by atoms with E-state index in [0.717, 1.165) is 24.3 Å². The molecule has 1 aliphatic rings. The molecular formula is C14H16ClN5O. The van der Waals surface area contributed by atoms with Gasteiger partial charge >= 0.3 is 0 Å². The molecule has 0 saturated heterocycles. The standard InChI is InChI=1S/C14H16ClN5O/c1-2-7-16-13-18-12(15)19-14(20-13)17-10-8-21-11-6-4-3-5-9(10)11/h3-6,10H,2,7-8H2,1H3,(H2,16,17,18,19,20). The molecule has 2 N–H and O–H groups in total. The molecule has 0 amide bonds. The first-order valence-corrected chi connectivity index (χ1v) is 7.27. The molecular weight excluding hydrogens is 290 g/mol. The molecule has 0 saturated carbocycles. The Balaban J connectivity index is 1.78. The number of nitrogens with zero attached hydrogens (tertiary/aromatic N) is 3. The van der Waals surface area contributed by atoms with Crippen LogP contribution in [0.5, 0.6) is 5.75 Å². The molecule has 2 aromatic rings. The van der Waals surface area contributed by atoms with Crippen LogP contribution in [0, 0.1) is 0 Å². The van der Waals surface area contributed by atoms with Gasteiger partial charge in [-0.05, 0) is 24.1 Å². The lowest BCUT2D eigenvalue weighted by Gasteiger charge is -2.12. The van der Waals surface area contributed by atoms with Gasteiger partial charge in [0.25, 0.3) is 0 Å². The number of aromatic nitrogens is 3. The third-order valence-corrected chi connectivity index (χ3v) is 3.31. The minimum absolute atomic E-state index is 0.0127. The van der Waals surface area contributed by atoms with Crippen LogP contribution in [0.4, 0.5) is 11.9 Å². The molecule has 110 valence electrons. The van der Waals surface area contributed by atoms with Gasteiger partial charge < -0.3 is 15.4 Å². The van der Waals surface area contributed by atoms with Crippen molar-refractivity contribution in [3.63, 3.8) is 0 Å². The number of rotatable bonds is 5. The van der Waals surface area contributed by atoms with Crippen LogP contribution in [-0.4, -0.2) is 28.1 Å².